The van der Waals surface area contributed by atoms with E-state index in [0.717, 1.165) is 10.2 Å². The van der Waals surface area contributed by atoms with E-state index in [1.165, 1.54) is 4.31 Å². The Morgan fingerprint density at radius 3 is 2.50 bits per heavy atom. The Labute approximate surface area is 161 Å². The molecule has 10 heteroatoms. The van der Waals surface area contributed by atoms with E-state index >= 15 is 0 Å². The topological polar surface area (TPSA) is 109 Å². The van der Waals surface area contributed by atoms with E-state index in [4.69, 9.17) is 9.94 Å². The molecule has 0 atom stereocenters. The largest absolute Gasteiger partial charge is 0.381 e. The zero-order valence-corrected chi connectivity index (χ0v) is 16.6. The average Bonchev–Trinajstić information content (AvgIpc) is 2.68. The summed E-state index contributed by atoms with van der Waals surface area (Å²) in [6, 6.07) is 3.87. The van der Waals surface area contributed by atoms with Crippen molar-refractivity contribution in [1.82, 2.24) is 14.8 Å². The zero-order chi connectivity index (χ0) is 18.8. The summed E-state index contributed by atoms with van der Waals surface area (Å²) >= 11 is 3.36. The zero-order valence-electron chi connectivity index (χ0n) is 14.2. The highest BCUT2D eigenvalue weighted by Crippen LogP contribution is 2.36. The SMILES string of the molecule is O=C(NO)C1(S(=O)(=O)N2CCC(c3ccc(Br)cn3)CC2)CCOCC1. The lowest BCUT2D eigenvalue weighted by Crippen LogP contribution is -2.60. The highest BCUT2D eigenvalue weighted by molar-refractivity contribution is 9.10. The Hall–Kier alpha value is -1.07. The number of sulfonamides is 1. The number of carbonyl (C=O) groups is 1. The summed E-state index contributed by atoms with van der Waals surface area (Å²) in [5, 5.41) is 9.09. The third-order valence-corrected chi connectivity index (χ3v) is 8.37. The molecular weight excluding hydrogens is 426 g/mol. The van der Waals surface area contributed by atoms with E-state index in [9.17, 15) is 13.2 Å². The molecule has 2 N–H and O–H groups in total. The summed E-state index contributed by atoms with van der Waals surface area (Å²) in [4.78, 5) is 16.7. The van der Waals surface area contributed by atoms with Gasteiger partial charge in [0.25, 0.3) is 5.91 Å². The Morgan fingerprint density at radius 2 is 1.96 bits per heavy atom. The quantitative estimate of drug-likeness (QED) is 0.533. The number of carbonyl (C=O) groups excluding carboxylic acids is 1. The lowest BCUT2D eigenvalue weighted by molar-refractivity contribution is -0.134. The van der Waals surface area contributed by atoms with Gasteiger partial charge in [0.2, 0.25) is 10.0 Å². The molecule has 1 aromatic heterocycles. The summed E-state index contributed by atoms with van der Waals surface area (Å²) in [5.41, 5.74) is 2.49. The van der Waals surface area contributed by atoms with Crippen molar-refractivity contribution in [3.05, 3.63) is 28.5 Å². The van der Waals surface area contributed by atoms with E-state index in [2.05, 4.69) is 20.9 Å². The Balaban J connectivity index is 1.76. The van der Waals surface area contributed by atoms with Gasteiger partial charge in [0, 0.05) is 61.4 Å². The molecule has 0 spiro atoms. The molecule has 0 radical (unpaired) electrons. The summed E-state index contributed by atoms with van der Waals surface area (Å²) in [5.74, 6) is -0.690. The van der Waals surface area contributed by atoms with E-state index < -0.39 is 20.7 Å². The Bertz CT molecular complexity index is 742. The maximum Gasteiger partial charge on any atom is 0.266 e. The van der Waals surface area contributed by atoms with Gasteiger partial charge in [0.15, 0.2) is 4.75 Å². The number of halogens is 1. The first-order valence-electron chi connectivity index (χ1n) is 8.54. The second kappa shape index (κ2) is 7.89. The average molecular weight is 448 g/mol. The molecule has 0 aliphatic carbocycles. The Kier molecular flexibility index (Phi) is 5.97. The maximum atomic E-state index is 13.2. The monoisotopic (exact) mass is 447 g/mol. The number of ether oxygens (including phenoxy) is 1. The number of hydrogen-bond acceptors (Lipinski definition) is 6. The van der Waals surface area contributed by atoms with Gasteiger partial charge in [-0.1, -0.05) is 0 Å². The molecule has 2 saturated heterocycles. The van der Waals surface area contributed by atoms with Crippen molar-refractivity contribution in [3.8, 4) is 0 Å². The number of piperidine rings is 1. The number of pyridine rings is 1. The number of hydroxylamine groups is 1. The van der Waals surface area contributed by atoms with Crippen LogP contribution in [0.5, 0.6) is 0 Å². The highest BCUT2D eigenvalue weighted by Gasteiger charge is 2.54. The Morgan fingerprint density at radius 1 is 1.31 bits per heavy atom. The molecule has 26 heavy (non-hydrogen) atoms. The predicted molar refractivity (Wildman–Crippen MR) is 97.1 cm³/mol. The molecule has 2 aliphatic heterocycles. The van der Waals surface area contributed by atoms with Crippen LogP contribution in [0.3, 0.4) is 0 Å². The second-order valence-corrected chi connectivity index (χ2v) is 9.79. The predicted octanol–water partition coefficient (Wildman–Crippen LogP) is 1.41. The van der Waals surface area contributed by atoms with Gasteiger partial charge in [-0.3, -0.25) is 15.0 Å². The smallest absolute Gasteiger partial charge is 0.266 e. The molecule has 0 aromatic carbocycles. The molecule has 2 aliphatic rings. The first-order valence-corrected chi connectivity index (χ1v) is 10.8. The third-order valence-electron chi connectivity index (χ3n) is 5.27. The summed E-state index contributed by atoms with van der Waals surface area (Å²) in [6.07, 6.45) is 3.09. The number of hydrogen-bond donors (Lipinski definition) is 2. The van der Waals surface area contributed by atoms with Crippen LogP contribution in [0.2, 0.25) is 0 Å². The van der Waals surface area contributed by atoms with E-state index in [1.807, 2.05) is 12.1 Å². The molecule has 144 valence electrons. The molecular formula is C16H22BrN3O5S. The number of rotatable bonds is 4. The van der Waals surface area contributed by atoms with Crippen LogP contribution in [0, 0.1) is 0 Å². The minimum Gasteiger partial charge on any atom is -0.381 e. The van der Waals surface area contributed by atoms with Crippen LogP contribution in [0.25, 0.3) is 0 Å². The van der Waals surface area contributed by atoms with Crippen LogP contribution in [-0.4, -0.2) is 59.9 Å². The normalized spacial score (nSPS) is 22.1. The minimum atomic E-state index is -3.92. The van der Waals surface area contributed by atoms with Gasteiger partial charge < -0.3 is 4.74 Å². The van der Waals surface area contributed by atoms with Crippen LogP contribution in [0.1, 0.15) is 37.3 Å². The van der Waals surface area contributed by atoms with Gasteiger partial charge in [0.05, 0.1) is 0 Å². The van der Waals surface area contributed by atoms with Crippen molar-refractivity contribution in [2.75, 3.05) is 26.3 Å². The van der Waals surface area contributed by atoms with Gasteiger partial charge in [-0.2, -0.15) is 0 Å². The van der Waals surface area contributed by atoms with E-state index in [0.29, 0.717) is 25.9 Å². The van der Waals surface area contributed by atoms with Crippen molar-refractivity contribution >= 4 is 31.9 Å². The van der Waals surface area contributed by atoms with Crippen LogP contribution in [-0.2, 0) is 19.6 Å². The number of amides is 1. The fraction of sp³-hybridized carbons (Fsp3) is 0.625. The van der Waals surface area contributed by atoms with Crippen LogP contribution in [0.4, 0.5) is 0 Å². The first kappa shape index (κ1) is 19.7. The van der Waals surface area contributed by atoms with Gasteiger partial charge in [-0.25, -0.2) is 18.2 Å². The minimum absolute atomic E-state index is 0.0376. The van der Waals surface area contributed by atoms with Crippen LogP contribution in [0.15, 0.2) is 22.8 Å². The van der Waals surface area contributed by atoms with Gasteiger partial charge in [-0.05, 0) is 40.9 Å². The number of nitrogens with one attached hydrogen (secondary N) is 1. The van der Waals surface area contributed by atoms with Crippen molar-refractivity contribution in [2.24, 2.45) is 0 Å². The summed E-state index contributed by atoms with van der Waals surface area (Å²) in [6.45, 7) is 0.996. The number of aromatic nitrogens is 1. The lowest BCUT2D eigenvalue weighted by atomic mass is 9.94. The molecule has 3 rings (SSSR count). The van der Waals surface area contributed by atoms with Crippen LogP contribution >= 0.6 is 15.9 Å². The number of nitrogens with zero attached hydrogens (tertiary/aromatic N) is 2. The highest BCUT2D eigenvalue weighted by atomic mass is 79.9. The molecule has 1 amide bonds. The third kappa shape index (κ3) is 3.53. The van der Waals surface area contributed by atoms with Crippen molar-refractivity contribution < 1.29 is 23.2 Å². The molecule has 1 aromatic rings. The van der Waals surface area contributed by atoms with Gasteiger partial charge in [-0.15, -0.1) is 0 Å². The first-order chi connectivity index (χ1) is 12.4. The molecule has 0 bridgehead atoms. The van der Waals surface area contributed by atoms with E-state index in [-0.39, 0.29) is 32.0 Å². The van der Waals surface area contributed by atoms with Crippen molar-refractivity contribution in [2.45, 2.75) is 36.3 Å². The maximum absolute atomic E-state index is 13.2. The fourth-order valence-electron chi connectivity index (χ4n) is 3.67. The molecule has 0 saturated carbocycles. The van der Waals surface area contributed by atoms with Crippen LogP contribution < -0.4 is 5.48 Å². The summed E-state index contributed by atoms with van der Waals surface area (Å²) in [7, 11) is -3.92. The molecule has 0 unspecified atom stereocenters. The van der Waals surface area contributed by atoms with E-state index in [1.54, 1.807) is 11.7 Å². The van der Waals surface area contributed by atoms with Gasteiger partial charge in [0.1, 0.15) is 0 Å². The molecule has 2 fully saturated rings. The van der Waals surface area contributed by atoms with Crippen molar-refractivity contribution in [3.63, 3.8) is 0 Å². The molecule has 3 heterocycles. The lowest BCUT2D eigenvalue weighted by Gasteiger charge is -2.40. The van der Waals surface area contributed by atoms with Crippen molar-refractivity contribution in [1.29, 1.82) is 0 Å². The second-order valence-electron chi connectivity index (χ2n) is 6.63. The van der Waals surface area contributed by atoms with Gasteiger partial charge >= 0.3 is 0 Å². The standard InChI is InChI=1S/C16H22BrN3O5S/c17-13-1-2-14(18-11-13)12-3-7-20(8-4-12)26(23,24)16(15(21)19-22)5-9-25-10-6-16/h1-2,11-12,22H,3-10H2,(H,19,21). The fourth-order valence-corrected chi connectivity index (χ4v) is 6.06. The summed E-state index contributed by atoms with van der Waals surface area (Å²) < 4.78 is 32.3. The molecule has 8 nitrogen and oxygen atoms in total.